The van der Waals surface area contributed by atoms with Crippen LogP contribution in [0.5, 0.6) is 0 Å². The number of benzene rings is 3. The second-order valence-corrected chi connectivity index (χ2v) is 9.32. The Morgan fingerprint density at radius 1 is 0.969 bits per heavy atom. The van der Waals surface area contributed by atoms with E-state index in [0.717, 1.165) is 5.56 Å². The lowest BCUT2D eigenvalue weighted by molar-refractivity contribution is -0.117. The molecule has 32 heavy (non-hydrogen) atoms. The maximum atomic E-state index is 13.8. The normalized spacial score (nSPS) is 15.6. The smallest absolute Gasteiger partial charge is 0.270 e. The third-order valence-corrected chi connectivity index (χ3v) is 7.26. The Bertz CT molecular complexity index is 1280. The highest BCUT2D eigenvalue weighted by Gasteiger charge is 2.41. The van der Waals surface area contributed by atoms with Crippen molar-refractivity contribution in [2.24, 2.45) is 0 Å². The molecule has 4 rings (SSSR count). The molecule has 3 aromatic rings. The van der Waals surface area contributed by atoms with Crippen molar-refractivity contribution in [3.63, 3.8) is 0 Å². The number of fused-ring (bicyclic) bond motifs is 1. The van der Waals surface area contributed by atoms with E-state index >= 15 is 0 Å². The molecule has 1 aliphatic rings. The molecule has 1 amide bonds. The largest absolute Gasteiger partial charge is 0.345 e. The fourth-order valence-corrected chi connectivity index (χ4v) is 5.64. The van der Waals surface area contributed by atoms with Crippen molar-refractivity contribution in [2.45, 2.75) is 13.0 Å². The zero-order chi connectivity index (χ0) is 22.7. The molecule has 3 aromatic carbocycles. The van der Waals surface area contributed by atoms with Crippen LogP contribution in [0.2, 0.25) is 0 Å². The van der Waals surface area contributed by atoms with Crippen molar-refractivity contribution in [3.8, 4) is 0 Å². The zero-order valence-electron chi connectivity index (χ0n) is 17.7. The van der Waals surface area contributed by atoms with E-state index in [1.807, 2.05) is 79.7 Å². The number of carbonyl (C=O) groups is 1. The molecule has 1 unspecified atom stereocenters. The van der Waals surface area contributed by atoms with Crippen molar-refractivity contribution >= 4 is 27.2 Å². The fourth-order valence-electron chi connectivity index (χ4n) is 3.92. The van der Waals surface area contributed by atoms with Crippen molar-refractivity contribution in [3.05, 3.63) is 119 Å². The second kappa shape index (κ2) is 8.85. The molecule has 1 atom stereocenters. The topological polar surface area (TPSA) is 66.5 Å². The van der Waals surface area contributed by atoms with Crippen molar-refractivity contribution in [2.75, 3.05) is 10.8 Å². The Morgan fingerprint density at radius 3 is 2.22 bits per heavy atom. The molecule has 1 N–H and O–H groups in total. The average molecular weight is 445 g/mol. The number of nitrogens with zero attached hydrogens (tertiary/aromatic N) is 1. The maximum Gasteiger partial charge on any atom is 0.270 e. The molecule has 0 aliphatic carbocycles. The Labute approximate surface area is 188 Å². The first-order valence-corrected chi connectivity index (χ1v) is 11.8. The summed E-state index contributed by atoms with van der Waals surface area (Å²) >= 11 is 0. The average Bonchev–Trinajstić information content (AvgIpc) is 2.81. The fraction of sp³-hybridized carbons (Fsp3) is 0.115. The standard InChI is InChI=1S/C26H24N2O3S/c1-3-18-28-23-17-11-10-16-22(23)24(21-14-8-5-9-15-21)25(32(28,30)31)26(29)27-19(2)20-12-6-4-7-13-20/h3-17,19H,1,18H2,2H3,(H,27,29). The maximum absolute atomic E-state index is 13.8. The van der Waals surface area contributed by atoms with Gasteiger partial charge in [0.1, 0.15) is 0 Å². The summed E-state index contributed by atoms with van der Waals surface area (Å²) in [4.78, 5) is 13.3. The number of hydrogen-bond acceptors (Lipinski definition) is 3. The van der Waals surface area contributed by atoms with Crippen LogP contribution < -0.4 is 9.62 Å². The summed E-state index contributed by atoms with van der Waals surface area (Å²) in [7, 11) is -4.13. The Kier molecular flexibility index (Phi) is 5.97. The highest BCUT2D eigenvalue weighted by atomic mass is 32.2. The molecule has 0 aromatic heterocycles. The van der Waals surface area contributed by atoms with Gasteiger partial charge in [-0.2, -0.15) is 0 Å². The number of carbonyl (C=O) groups excluding carboxylic acids is 1. The molecule has 1 heterocycles. The molecule has 1 aliphatic heterocycles. The van der Waals surface area contributed by atoms with E-state index in [2.05, 4.69) is 11.9 Å². The van der Waals surface area contributed by atoms with Gasteiger partial charge in [-0.05, 0) is 24.1 Å². The first-order chi connectivity index (χ1) is 15.4. The van der Waals surface area contributed by atoms with Crippen LogP contribution in [0, 0.1) is 0 Å². The molecule has 6 heteroatoms. The minimum atomic E-state index is -4.13. The van der Waals surface area contributed by atoms with E-state index in [-0.39, 0.29) is 17.5 Å². The predicted octanol–water partition coefficient (Wildman–Crippen LogP) is 4.66. The van der Waals surface area contributed by atoms with Crippen molar-refractivity contribution < 1.29 is 13.2 Å². The van der Waals surface area contributed by atoms with E-state index in [1.54, 1.807) is 12.1 Å². The molecule has 0 bridgehead atoms. The summed E-state index contributed by atoms with van der Waals surface area (Å²) in [6, 6.07) is 25.5. The number of sulfonamides is 1. The van der Waals surface area contributed by atoms with Crippen LogP contribution in [0.1, 0.15) is 29.7 Å². The molecule has 162 valence electrons. The van der Waals surface area contributed by atoms with Gasteiger partial charge in [-0.25, -0.2) is 8.42 Å². The Balaban J connectivity index is 1.92. The minimum absolute atomic E-state index is 0.0619. The number of nitrogens with one attached hydrogen (secondary N) is 1. The van der Waals surface area contributed by atoms with Gasteiger partial charge >= 0.3 is 0 Å². The summed E-state index contributed by atoms with van der Waals surface area (Å²) in [6.07, 6.45) is 1.52. The summed E-state index contributed by atoms with van der Waals surface area (Å²) in [5, 5.41) is 2.89. The molecule has 0 spiro atoms. The van der Waals surface area contributed by atoms with Gasteiger partial charge in [0.15, 0.2) is 4.91 Å². The lowest BCUT2D eigenvalue weighted by atomic mass is 9.95. The Hall–Kier alpha value is -3.64. The third kappa shape index (κ3) is 3.85. The molecular weight excluding hydrogens is 420 g/mol. The van der Waals surface area contributed by atoms with Crippen molar-refractivity contribution in [1.29, 1.82) is 0 Å². The number of amides is 1. The number of rotatable bonds is 6. The van der Waals surface area contributed by atoms with E-state index in [4.69, 9.17) is 0 Å². The van der Waals surface area contributed by atoms with E-state index < -0.39 is 15.9 Å². The second-order valence-electron chi connectivity index (χ2n) is 7.52. The Morgan fingerprint density at radius 2 is 1.56 bits per heavy atom. The molecule has 0 saturated heterocycles. The predicted molar refractivity (Wildman–Crippen MR) is 128 cm³/mol. The first-order valence-electron chi connectivity index (χ1n) is 10.3. The quantitative estimate of drug-likeness (QED) is 0.563. The van der Waals surface area contributed by atoms with Gasteiger partial charge < -0.3 is 5.32 Å². The lowest BCUT2D eigenvalue weighted by Crippen LogP contribution is -2.42. The summed E-state index contributed by atoms with van der Waals surface area (Å²) in [6.45, 7) is 5.60. The molecule has 0 fully saturated rings. The van der Waals surface area contributed by atoms with Gasteiger partial charge in [-0.1, -0.05) is 84.9 Å². The van der Waals surface area contributed by atoms with E-state index in [9.17, 15) is 13.2 Å². The lowest BCUT2D eigenvalue weighted by Gasteiger charge is -2.33. The molecular formula is C26H24N2O3S. The van der Waals surface area contributed by atoms with Gasteiger partial charge in [-0.15, -0.1) is 6.58 Å². The van der Waals surface area contributed by atoms with Gasteiger partial charge in [0, 0.05) is 11.1 Å². The van der Waals surface area contributed by atoms with Crippen LogP contribution in [-0.2, 0) is 14.8 Å². The van der Waals surface area contributed by atoms with Crippen LogP contribution in [0.4, 0.5) is 5.69 Å². The number of anilines is 1. The zero-order valence-corrected chi connectivity index (χ0v) is 18.5. The van der Waals surface area contributed by atoms with E-state index in [1.165, 1.54) is 10.4 Å². The summed E-state index contributed by atoms with van der Waals surface area (Å²) < 4.78 is 28.8. The van der Waals surface area contributed by atoms with Crippen LogP contribution in [0.15, 0.2) is 102 Å². The highest BCUT2D eigenvalue weighted by molar-refractivity contribution is 7.97. The monoisotopic (exact) mass is 444 g/mol. The van der Waals surface area contributed by atoms with Gasteiger partial charge in [0.25, 0.3) is 15.9 Å². The van der Waals surface area contributed by atoms with Gasteiger partial charge in [0.05, 0.1) is 18.3 Å². The third-order valence-electron chi connectivity index (χ3n) is 5.43. The first kappa shape index (κ1) is 21.6. The minimum Gasteiger partial charge on any atom is -0.345 e. The highest BCUT2D eigenvalue weighted by Crippen LogP contribution is 2.42. The van der Waals surface area contributed by atoms with Crippen LogP contribution in [0.25, 0.3) is 5.57 Å². The van der Waals surface area contributed by atoms with E-state index in [0.29, 0.717) is 22.4 Å². The molecule has 5 nitrogen and oxygen atoms in total. The number of para-hydroxylation sites is 1. The summed E-state index contributed by atoms with van der Waals surface area (Å²) in [5.41, 5.74) is 3.17. The molecule has 0 radical (unpaired) electrons. The van der Waals surface area contributed by atoms with Gasteiger partial charge in [-0.3, -0.25) is 9.10 Å². The van der Waals surface area contributed by atoms with Crippen molar-refractivity contribution in [1.82, 2.24) is 5.32 Å². The summed E-state index contributed by atoms with van der Waals surface area (Å²) in [5.74, 6) is -0.635. The van der Waals surface area contributed by atoms with Crippen LogP contribution in [0.3, 0.4) is 0 Å². The SMILES string of the molecule is C=CCN1c2ccccc2C(c2ccccc2)=C(C(=O)NC(C)c2ccccc2)S1(=O)=O. The van der Waals surface area contributed by atoms with Gasteiger partial charge in [0.2, 0.25) is 0 Å². The van der Waals surface area contributed by atoms with Crippen LogP contribution in [-0.4, -0.2) is 20.9 Å². The number of hydrogen-bond donors (Lipinski definition) is 1. The molecule has 0 saturated carbocycles. The van der Waals surface area contributed by atoms with Crippen LogP contribution >= 0.6 is 0 Å².